The largest absolute Gasteiger partial charge is 0.324 e. The standard InChI is InChI=1S/C18H19N3OS2/c1-11-9-12(2)20-18(14(11)10-19)24-13(3)17(22)21-15-7-5-6-8-16(15)23-4/h5-9,13H,1-4H3,(H,21,22). The van der Waals surface area contributed by atoms with Gasteiger partial charge in [0.15, 0.2) is 0 Å². The smallest absolute Gasteiger partial charge is 0.237 e. The van der Waals surface area contributed by atoms with Crippen molar-refractivity contribution in [3.63, 3.8) is 0 Å². The minimum atomic E-state index is -0.360. The van der Waals surface area contributed by atoms with Crippen molar-refractivity contribution in [3.05, 3.63) is 47.2 Å². The van der Waals surface area contributed by atoms with Crippen LogP contribution in [0.3, 0.4) is 0 Å². The van der Waals surface area contributed by atoms with Crippen molar-refractivity contribution < 1.29 is 4.79 Å². The number of anilines is 1. The highest BCUT2D eigenvalue weighted by Gasteiger charge is 2.19. The molecule has 1 heterocycles. The Morgan fingerprint density at radius 2 is 2.04 bits per heavy atom. The summed E-state index contributed by atoms with van der Waals surface area (Å²) >= 11 is 2.90. The van der Waals surface area contributed by atoms with E-state index in [4.69, 9.17) is 0 Å². The Bertz CT molecular complexity index is 799. The van der Waals surface area contributed by atoms with Crippen LogP contribution in [-0.2, 0) is 4.79 Å². The molecule has 1 N–H and O–H groups in total. The number of hydrogen-bond acceptors (Lipinski definition) is 5. The van der Waals surface area contributed by atoms with Gasteiger partial charge in [-0.15, -0.1) is 11.8 Å². The normalized spacial score (nSPS) is 11.6. The molecule has 0 radical (unpaired) electrons. The Labute approximate surface area is 151 Å². The molecule has 0 aliphatic carbocycles. The lowest BCUT2D eigenvalue weighted by molar-refractivity contribution is -0.115. The first-order valence-electron chi connectivity index (χ1n) is 7.45. The molecule has 0 saturated heterocycles. The number of para-hydroxylation sites is 1. The molecule has 24 heavy (non-hydrogen) atoms. The highest BCUT2D eigenvalue weighted by Crippen LogP contribution is 2.29. The number of aromatic nitrogens is 1. The number of benzene rings is 1. The Balaban J connectivity index is 2.17. The molecule has 0 bridgehead atoms. The van der Waals surface area contributed by atoms with Crippen LogP contribution in [0.2, 0.25) is 0 Å². The second-order valence-corrected chi connectivity index (χ2v) is 7.50. The van der Waals surface area contributed by atoms with Crippen molar-refractivity contribution in [2.75, 3.05) is 11.6 Å². The van der Waals surface area contributed by atoms with Crippen molar-refractivity contribution >= 4 is 35.1 Å². The number of hydrogen-bond donors (Lipinski definition) is 1. The number of thioether (sulfide) groups is 2. The molecule has 0 spiro atoms. The second-order valence-electron chi connectivity index (χ2n) is 5.32. The molecule has 2 rings (SSSR count). The molecular formula is C18H19N3OS2. The van der Waals surface area contributed by atoms with Gasteiger partial charge >= 0.3 is 0 Å². The number of pyridine rings is 1. The third kappa shape index (κ3) is 4.31. The third-order valence-corrected chi connectivity index (χ3v) is 5.33. The Morgan fingerprint density at radius 3 is 2.71 bits per heavy atom. The SMILES string of the molecule is CSc1ccccc1NC(=O)C(C)Sc1nc(C)cc(C)c1C#N. The van der Waals surface area contributed by atoms with E-state index in [0.717, 1.165) is 21.8 Å². The van der Waals surface area contributed by atoms with E-state index < -0.39 is 0 Å². The molecule has 0 aliphatic rings. The highest BCUT2D eigenvalue weighted by atomic mass is 32.2. The molecule has 6 heteroatoms. The number of nitrogens with one attached hydrogen (secondary N) is 1. The summed E-state index contributed by atoms with van der Waals surface area (Å²) in [6, 6.07) is 11.8. The lowest BCUT2D eigenvalue weighted by atomic mass is 10.1. The van der Waals surface area contributed by atoms with Crippen LogP contribution in [0, 0.1) is 25.2 Å². The Hall–Kier alpha value is -1.97. The van der Waals surface area contributed by atoms with Gasteiger partial charge in [0.2, 0.25) is 5.91 Å². The van der Waals surface area contributed by atoms with Crippen LogP contribution < -0.4 is 5.32 Å². The van der Waals surface area contributed by atoms with Crippen LogP contribution >= 0.6 is 23.5 Å². The van der Waals surface area contributed by atoms with Crippen LogP contribution in [0.25, 0.3) is 0 Å². The molecule has 1 amide bonds. The van der Waals surface area contributed by atoms with Crippen molar-refractivity contribution in [1.82, 2.24) is 4.98 Å². The van der Waals surface area contributed by atoms with E-state index in [1.807, 2.05) is 57.4 Å². The molecule has 1 aromatic heterocycles. The number of rotatable bonds is 5. The zero-order chi connectivity index (χ0) is 17.7. The first-order valence-corrected chi connectivity index (χ1v) is 9.55. The van der Waals surface area contributed by atoms with Crippen molar-refractivity contribution in [1.29, 1.82) is 5.26 Å². The average molecular weight is 358 g/mol. The maximum absolute atomic E-state index is 12.5. The molecule has 0 saturated carbocycles. The van der Waals surface area contributed by atoms with Gasteiger partial charge in [-0.25, -0.2) is 4.98 Å². The number of amides is 1. The van der Waals surface area contributed by atoms with Crippen LogP contribution in [0.1, 0.15) is 23.7 Å². The Kier molecular flexibility index (Phi) is 6.29. The third-order valence-electron chi connectivity index (χ3n) is 3.45. The fourth-order valence-electron chi connectivity index (χ4n) is 2.23. The fourth-order valence-corrected chi connectivity index (χ4v) is 3.80. The van der Waals surface area contributed by atoms with Gasteiger partial charge in [-0.2, -0.15) is 5.26 Å². The Morgan fingerprint density at radius 1 is 1.33 bits per heavy atom. The van der Waals surface area contributed by atoms with E-state index in [-0.39, 0.29) is 11.2 Å². The summed E-state index contributed by atoms with van der Waals surface area (Å²) in [5.41, 5.74) is 3.06. The molecule has 1 aromatic carbocycles. The summed E-state index contributed by atoms with van der Waals surface area (Å²) in [5.74, 6) is -0.105. The van der Waals surface area contributed by atoms with Gasteiger partial charge in [-0.1, -0.05) is 23.9 Å². The van der Waals surface area contributed by atoms with Crippen molar-refractivity contribution in [2.45, 2.75) is 35.9 Å². The number of aryl methyl sites for hydroxylation is 2. The number of carbonyl (C=O) groups excluding carboxylic acids is 1. The van der Waals surface area contributed by atoms with Gasteiger partial charge in [0.1, 0.15) is 11.1 Å². The second kappa shape index (κ2) is 8.22. The van der Waals surface area contributed by atoms with Gasteiger partial charge in [-0.3, -0.25) is 4.79 Å². The van der Waals surface area contributed by atoms with Crippen LogP contribution in [0.5, 0.6) is 0 Å². The highest BCUT2D eigenvalue weighted by molar-refractivity contribution is 8.00. The van der Waals surface area contributed by atoms with Gasteiger partial charge in [0.05, 0.1) is 16.5 Å². The van der Waals surface area contributed by atoms with E-state index >= 15 is 0 Å². The lowest BCUT2D eigenvalue weighted by Gasteiger charge is -2.15. The predicted molar refractivity (Wildman–Crippen MR) is 101 cm³/mol. The zero-order valence-electron chi connectivity index (χ0n) is 14.1. The van der Waals surface area contributed by atoms with Gasteiger partial charge in [0, 0.05) is 10.6 Å². The van der Waals surface area contributed by atoms with E-state index in [1.165, 1.54) is 11.8 Å². The first kappa shape index (κ1) is 18.4. The molecule has 0 aliphatic heterocycles. The maximum Gasteiger partial charge on any atom is 0.237 e. The minimum Gasteiger partial charge on any atom is -0.324 e. The van der Waals surface area contributed by atoms with Crippen molar-refractivity contribution in [2.24, 2.45) is 0 Å². The van der Waals surface area contributed by atoms with Crippen LogP contribution in [0.15, 0.2) is 40.3 Å². The van der Waals surface area contributed by atoms with E-state index in [9.17, 15) is 10.1 Å². The number of nitrogens with zero attached hydrogens (tertiary/aromatic N) is 2. The summed E-state index contributed by atoms with van der Waals surface area (Å²) in [7, 11) is 0. The van der Waals surface area contributed by atoms with Gasteiger partial charge < -0.3 is 5.32 Å². The van der Waals surface area contributed by atoms with E-state index in [1.54, 1.807) is 11.8 Å². The molecule has 1 atom stereocenters. The monoisotopic (exact) mass is 357 g/mol. The van der Waals surface area contributed by atoms with E-state index in [2.05, 4.69) is 16.4 Å². The van der Waals surface area contributed by atoms with Crippen LogP contribution in [-0.4, -0.2) is 22.4 Å². The summed E-state index contributed by atoms with van der Waals surface area (Å²) in [5, 5.41) is 12.5. The molecule has 0 fully saturated rings. The van der Waals surface area contributed by atoms with Crippen molar-refractivity contribution in [3.8, 4) is 6.07 Å². The maximum atomic E-state index is 12.5. The summed E-state index contributed by atoms with van der Waals surface area (Å²) in [4.78, 5) is 17.9. The molecule has 2 aromatic rings. The average Bonchev–Trinajstić information content (AvgIpc) is 2.55. The zero-order valence-corrected chi connectivity index (χ0v) is 15.7. The first-order chi connectivity index (χ1) is 11.5. The lowest BCUT2D eigenvalue weighted by Crippen LogP contribution is -2.23. The molecular weight excluding hydrogens is 338 g/mol. The number of nitriles is 1. The summed E-state index contributed by atoms with van der Waals surface area (Å²) in [6.45, 7) is 5.59. The predicted octanol–water partition coefficient (Wildman–Crippen LogP) is 4.41. The fraction of sp³-hybridized carbons (Fsp3) is 0.278. The molecule has 1 unspecified atom stereocenters. The molecule has 4 nitrogen and oxygen atoms in total. The topological polar surface area (TPSA) is 65.8 Å². The summed E-state index contributed by atoms with van der Waals surface area (Å²) in [6.07, 6.45) is 1.97. The molecule has 124 valence electrons. The minimum absolute atomic E-state index is 0.105. The number of carbonyl (C=O) groups is 1. The van der Waals surface area contributed by atoms with Gasteiger partial charge in [0.25, 0.3) is 0 Å². The van der Waals surface area contributed by atoms with Gasteiger partial charge in [-0.05, 0) is 50.8 Å². The van der Waals surface area contributed by atoms with E-state index in [0.29, 0.717) is 10.6 Å². The summed E-state index contributed by atoms with van der Waals surface area (Å²) < 4.78 is 0. The van der Waals surface area contributed by atoms with Crippen LogP contribution in [0.4, 0.5) is 5.69 Å². The quantitative estimate of drug-likeness (QED) is 0.803.